The smallest absolute Gasteiger partial charge is 0.342 e. The molecule has 0 aromatic heterocycles. The van der Waals surface area contributed by atoms with E-state index in [-0.39, 0.29) is 6.42 Å². The van der Waals surface area contributed by atoms with Gasteiger partial charge in [0.15, 0.2) is 0 Å². The Morgan fingerprint density at radius 2 is 1.75 bits per heavy atom. The topological polar surface area (TPSA) is 130 Å². The van der Waals surface area contributed by atoms with Crippen LogP contribution in [0.1, 0.15) is 46.1 Å². The fourth-order valence-electron chi connectivity index (χ4n) is 4.01. The number of carbonyl (C=O) groups is 5. The van der Waals surface area contributed by atoms with Crippen LogP contribution >= 0.6 is 0 Å². The number of imide groups is 1. The minimum atomic E-state index is -4.40. The van der Waals surface area contributed by atoms with Crippen LogP contribution in [0.5, 0.6) is 0 Å². The molecule has 0 unspecified atom stereocenters. The van der Waals surface area contributed by atoms with E-state index in [1.54, 1.807) is 44.2 Å². The second kappa shape index (κ2) is 12.2. The average molecular weight is 509 g/mol. The van der Waals surface area contributed by atoms with Crippen molar-refractivity contribution in [2.75, 3.05) is 13.1 Å². The van der Waals surface area contributed by atoms with Crippen LogP contribution in [0.25, 0.3) is 0 Å². The first-order chi connectivity index (χ1) is 16.8. The standard InChI is InChI=1S/C25H34F2N4O5/c1-15(2)20(29-21(33)19-11-8-13-30(19)22(34)16(3)28)23(35)31(24(36)25(26,27)17(4)32)14-12-18-9-6-5-7-10-18/h5-7,9-10,15-16,19-20H,8,11-14,28H2,1-4H3,(H,29,33)/t16-,19-,20-/m0/s1. The van der Waals surface area contributed by atoms with Crippen molar-refractivity contribution in [3.05, 3.63) is 35.9 Å². The molecule has 2 rings (SSSR count). The van der Waals surface area contributed by atoms with Gasteiger partial charge in [0.05, 0.1) is 6.04 Å². The van der Waals surface area contributed by atoms with E-state index in [4.69, 9.17) is 5.73 Å². The van der Waals surface area contributed by atoms with Crippen LogP contribution in [0.4, 0.5) is 8.78 Å². The van der Waals surface area contributed by atoms with E-state index < -0.39 is 65.9 Å². The summed E-state index contributed by atoms with van der Waals surface area (Å²) >= 11 is 0. The Kier molecular flexibility index (Phi) is 9.80. The summed E-state index contributed by atoms with van der Waals surface area (Å²) < 4.78 is 28.9. The van der Waals surface area contributed by atoms with E-state index in [1.807, 2.05) is 0 Å². The summed E-state index contributed by atoms with van der Waals surface area (Å²) in [6, 6.07) is 5.60. The van der Waals surface area contributed by atoms with E-state index in [2.05, 4.69) is 5.32 Å². The molecule has 0 radical (unpaired) electrons. The van der Waals surface area contributed by atoms with Crippen LogP contribution in [0.2, 0.25) is 0 Å². The predicted octanol–water partition coefficient (Wildman–Crippen LogP) is 1.29. The summed E-state index contributed by atoms with van der Waals surface area (Å²) in [5.74, 6) is -10.7. The molecule has 3 atom stereocenters. The summed E-state index contributed by atoms with van der Waals surface area (Å²) in [5.41, 5.74) is 6.37. The van der Waals surface area contributed by atoms with Gasteiger partial charge in [-0.25, -0.2) is 0 Å². The molecule has 1 heterocycles. The van der Waals surface area contributed by atoms with Crippen molar-refractivity contribution in [2.24, 2.45) is 11.7 Å². The van der Waals surface area contributed by atoms with Crippen LogP contribution in [0.3, 0.4) is 0 Å². The third-order valence-electron chi connectivity index (χ3n) is 6.15. The fourth-order valence-corrected chi connectivity index (χ4v) is 4.01. The first kappa shape index (κ1) is 29.0. The number of ketones is 1. The van der Waals surface area contributed by atoms with E-state index in [0.717, 1.165) is 0 Å². The Balaban J connectivity index is 2.31. The van der Waals surface area contributed by atoms with Crippen LogP contribution in [0, 0.1) is 5.92 Å². The molecule has 3 N–H and O–H groups in total. The molecule has 1 aliphatic rings. The highest BCUT2D eigenvalue weighted by atomic mass is 19.3. The van der Waals surface area contributed by atoms with Gasteiger partial charge in [-0.05, 0) is 37.7 Å². The van der Waals surface area contributed by atoms with E-state index in [0.29, 0.717) is 36.8 Å². The molecule has 9 nitrogen and oxygen atoms in total. The van der Waals surface area contributed by atoms with Gasteiger partial charge in [-0.2, -0.15) is 8.78 Å². The molecule has 0 saturated carbocycles. The number of halogens is 2. The molecule has 0 spiro atoms. The van der Waals surface area contributed by atoms with Crippen molar-refractivity contribution in [1.82, 2.24) is 15.1 Å². The van der Waals surface area contributed by atoms with Crippen molar-refractivity contribution < 1.29 is 32.8 Å². The highest BCUT2D eigenvalue weighted by Gasteiger charge is 2.50. The Hall–Kier alpha value is -3.21. The van der Waals surface area contributed by atoms with E-state index in [1.165, 1.54) is 11.8 Å². The summed E-state index contributed by atoms with van der Waals surface area (Å²) in [7, 11) is 0. The highest BCUT2D eigenvalue weighted by Crippen LogP contribution is 2.22. The first-order valence-electron chi connectivity index (χ1n) is 11.9. The Morgan fingerprint density at radius 3 is 2.28 bits per heavy atom. The zero-order chi connectivity index (χ0) is 27.2. The number of benzene rings is 1. The maximum absolute atomic E-state index is 14.4. The largest absolute Gasteiger partial charge is 0.381 e. The predicted molar refractivity (Wildman–Crippen MR) is 128 cm³/mol. The molecular formula is C25H34F2N4O5. The molecule has 1 aliphatic heterocycles. The molecule has 0 aliphatic carbocycles. The molecule has 36 heavy (non-hydrogen) atoms. The van der Waals surface area contributed by atoms with Crippen LogP contribution < -0.4 is 11.1 Å². The maximum Gasteiger partial charge on any atom is 0.381 e. The minimum absolute atomic E-state index is 0.0738. The number of hydrogen-bond donors (Lipinski definition) is 2. The zero-order valence-electron chi connectivity index (χ0n) is 21.0. The number of nitrogens with one attached hydrogen (secondary N) is 1. The normalized spacial score (nSPS) is 17.4. The molecule has 198 valence electrons. The van der Waals surface area contributed by atoms with Crippen molar-refractivity contribution in [3.8, 4) is 0 Å². The lowest BCUT2D eigenvalue weighted by Gasteiger charge is -2.32. The van der Waals surface area contributed by atoms with E-state index >= 15 is 0 Å². The van der Waals surface area contributed by atoms with Crippen molar-refractivity contribution in [2.45, 2.75) is 71.0 Å². The van der Waals surface area contributed by atoms with Gasteiger partial charge in [-0.3, -0.25) is 28.9 Å². The van der Waals surface area contributed by atoms with Gasteiger partial charge in [0.1, 0.15) is 12.1 Å². The lowest BCUT2D eigenvalue weighted by molar-refractivity contribution is -0.169. The molecule has 0 bridgehead atoms. The number of alkyl halides is 2. The first-order valence-corrected chi connectivity index (χ1v) is 11.9. The van der Waals surface area contributed by atoms with Gasteiger partial charge in [-0.15, -0.1) is 0 Å². The zero-order valence-corrected chi connectivity index (χ0v) is 21.0. The number of hydrogen-bond acceptors (Lipinski definition) is 6. The number of nitrogens with zero attached hydrogens (tertiary/aromatic N) is 2. The Bertz CT molecular complexity index is 984. The second-order valence-corrected chi connectivity index (χ2v) is 9.37. The van der Waals surface area contributed by atoms with Gasteiger partial charge in [0, 0.05) is 20.0 Å². The van der Waals surface area contributed by atoms with Crippen molar-refractivity contribution in [3.63, 3.8) is 0 Å². The SMILES string of the molecule is CC(=O)C(F)(F)C(=O)N(CCc1ccccc1)C(=O)[C@@H](NC(=O)[C@@H]1CCCN1C(=O)[C@H](C)N)C(C)C. The van der Waals surface area contributed by atoms with Crippen molar-refractivity contribution >= 4 is 29.4 Å². The molecule has 1 aromatic rings. The number of nitrogens with two attached hydrogens (primary N) is 1. The van der Waals surface area contributed by atoms with Gasteiger partial charge < -0.3 is 16.0 Å². The highest BCUT2D eigenvalue weighted by molar-refractivity contribution is 6.12. The minimum Gasteiger partial charge on any atom is -0.342 e. The Labute approximate surface area is 209 Å². The van der Waals surface area contributed by atoms with E-state index in [9.17, 15) is 32.8 Å². The van der Waals surface area contributed by atoms with Gasteiger partial charge in [0.2, 0.25) is 17.6 Å². The molecule has 4 amide bonds. The van der Waals surface area contributed by atoms with Gasteiger partial charge >= 0.3 is 11.8 Å². The lowest BCUT2D eigenvalue weighted by Crippen LogP contribution is -2.60. The van der Waals surface area contributed by atoms with Crippen LogP contribution in [-0.4, -0.2) is 76.3 Å². The van der Waals surface area contributed by atoms with Crippen LogP contribution in [-0.2, 0) is 30.4 Å². The quantitative estimate of drug-likeness (QED) is 0.458. The number of likely N-dealkylation sites (tertiary alicyclic amines) is 1. The van der Waals surface area contributed by atoms with Gasteiger partial charge in [0.25, 0.3) is 5.91 Å². The number of amides is 4. The summed E-state index contributed by atoms with van der Waals surface area (Å²) in [6.07, 6.45) is 0.982. The molecule has 1 saturated heterocycles. The van der Waals surface area contributed by atoms with Crippen LogP contribution in [0.15, 0.2) is 30.3 Å². The summed E-state index contributed by atoms with van der Waals surface area (Å²) in [4.78, 5) is 64.8. The number of Topliss-reactive ketones (excluding diaryl/α,β-unsaturated/α-hetero) is 1. The monoisotopic (exact) mass is 508 g/mol. The third kappa shape index (κ3) is 6.71. The number of rotatable bonds is 10. The summed E-state index contributed by atoms with van der Waals surface area (Å²) in [5, 5.41) is 2.55. The maximum atomic E-state index is 14.4. The Morgan fingerprint density at radius 1 is 1.14 bits per heavy atom. The molecule has 1 fully saturated rings. The fraction of sp³-hybridized carbons (Fsp3) is 0.560. The third-order valence-corrected chi connectivity index (χ3v) is 6.15. The number of carbonyl (C=O) groups excluding carboxylic acids is 5. The van der Waals surface area contributed by atoms with Crippen molar-refractivity contribution in [1.29, 1.82) is 0 Å². The average Bonchev–Trinajstić information content (AvgIpc) is 3.32. The summed E-state index contributed by atoms with van der Waals surface area (Å²) in [6.45, 7) is 5.16. The molecule has 11 heteroatoms. The molecular weight excluding hydrogens is 474 g/mol. The second-order valence-electron chi connectivity index (χ2n) is 9.37. The van der Waals surface area contributed by atoms with Gasteiger partial charge in [-0.1, -0.05) is 44.2 Å². The molecule has 1 aromatic carbocycles. The lowest BCUT2D eigenvalue weighted by atomic mass is 10.0.